The van der Waals surface area contributed by atoms with E-state index in [-0.39, 0.29) is 6.42 Å². The molecule has 100 valence electrons. The standard InChI is InChI=1S/C11H22N2O4/c1-11(2,3)17-10(16)13-7-4-6(12)8(14)5-9(7)15/h6-9,14-15H,4-5,12H2,1-3H3,(H,13,16)/t6-,7+,8-,9+/m1/s1. The van der Waals surface area contributed by atoms with Gasteiger partial charge in [-0.2, -0.15) is 0 Å². The van der Waals surface area contributed by atoms with Gasteiger partial charge in [0, 0.05) is 12.5 Å². The van der Waals surface area contributed by atoms with Crippen molar-refractivity contribution >= 4 is 6.09 Å². The van der Waals surface area contributed by atoms with Gasteiger partial charge in [0.1, 0.15) is 5.60 Å². The number of alkyl carbamates (subject to hydrolysis) is 1. The second-order valence-corrected chi connectivity index (χ2v) is 5.52. The Balaban J connectivity index is 2.48. The zero-order valence-corrected chi connectivity index (χ0v) is 10.5. The van der Waals surface area contributed by atoms with E-state index in [1.54, 1.807) is 20.8 Å². The molecule has 0 aromatic heterocycles. The van der Waals surface area contributed by atoms with E-state index in [1.807, 2.05) is 0 Å². The minimum absolute atomic E-state index is 0.168. The Morgan fingerprint density at radius 3 is 2.41 bits per heavy atom. The Morgan fingerprint density at radius 2 is 1.88 bits per heavy atom. The molecule has 5 N–H and O–H groups in total. The molecule has 1 aliphatic rings. The number of ether oxygens (including phenoxy) is 1. The van der Waals surface area contributed by atoms with Gasteiger partial charge in [0.25, 0.3) is 0 Å². The number of hydrogen-bond donors (Lipinski definition) is 4. The van der Waals surface area contributed by atoms with Crippen LogP contribution < -0.4 is 11.1 Å². The zero-order chi connectivity index (χ0) is 13.2. The summed E-state index contributed by atoms with van der Waals surface area (Å²) in [6.45, 7) is 5.29. The molecule has 0 aromatic rings. The summed E-state index contributed by atoms with van der Waals surface area (Å²) < 4.78 is 5.09. The highest BCUT2D eigenvalue weighted by Gasteiger charge is 2.35. The third-order valence-corrected chi connectivity index (χ3v) is 2.67. The van der Waals surface area contributed by atoms with Crippen LogP contribution in [-0.2, 0) is 4.74 Å². The van der Waals surface area contributed by atoms with Crippen LogP contribution in [-0.4, -0.2) is 46.2 Å². The zero-order valence-electron chi connectivity index (χ0n) is 10.5. The van der Waals surface area contributed by atoms with Gasteiger partial charge in [-0.3, -0.25) is 0 Å². The number of nitrogens with two attached hydrogens (primary N) is 1. The van der Waals surface area contributed by atoms with E-state index in [2.05, 4.69) is 5.32 Å². The first-order valence-corrected chi connectivity index (χ1v) is 5.80. The predicted octanol–water partition coefficient (Wildman–Crippen LogP) is -0.277. The largest absolute Gasteiger partial charge is 0.444 e. The van der Waals surface area contributed by atoms with Crippen LogP contribution in [0.2, 0.25) is 0 Å². The van der Waals surface area contributed by atoms with Crippen LogP contribution >= 0.6 is 0 Å². The van der Waals surface area contributed by atoms with E-state index < -0.39 is 36.0 Å². The maximum atomic E-state index is 11.5. The van der Waals surface area contributed by atoms with Crippen molar-refractivity contribution in [3.8, 4) is 0 Å². The van der Waals surface area contributed by atoms with E-state index >= 15 is 0 Å². The number of rotatable bonds is 1. The molecule has 0 aliphatic heterocycles. The second-order valence-electron chi connectivity index (χ2n) is 5.52. The quantitative estimate of drug-likeness (QED) is 0.509. The lowest BCUT2D eigenvalue weighted by atomic mass is 9.87. The van der Waals surface area contributed by atoms with Crippen LogP contribution in [0.4, 0.5) is 4.79 Å². The summed E-state index contributed by atoms with van der Waals surface area (Å²) in [5.74, 6) is 0. The van der Waals surface area contributed by atoms with E-state index in [9.17, 15) is 15.0 Å². The summed E-state index contributed by atoms with van der Waals surface area (Å²) in [5.41, 5.74) is 5.10. The molecule has 17 heavy (non-hydrogen) atoms. The van der Waals surface area contributed by atoms with E-state index in [0.29, 0.717) is 6.42 Å². The van der Waals surface area contributed by atoms with Crippen LogP contribution in [0.5, 0.6) is 0 Å². The molecule has 6 nitrogen and oxygen atoms in total. The Morgan fingerprint density at radius 1 is 1.29 bits per heavy atom. The van der Waals surface area contributed by atoms with Crippen LogP contribution in [0.1, 0.15) is 33.6 Å². The minimum Gasteiger partial charge on any atom is -0.444 e. The molecule has 0 saturated heterocycles. The lowest BCUT2D eigenvalue weighted by Crippen LogP contribution is -2.55. The van der Waals surface area contributed by atoms with Crippen molar-refractivity contribution in [1.29, 1.82) is 0 Å². The molecule has 1 aliphatic carbocycles. The highest BCUT2D eigenvalue weighted by molar-refractivity contribution is 5.68. The maximum Gasteiger partial charge on any atom is 0.407 e. The van der Waals surface area contributed by atoms with Crippen LogP contribution in [0.3, 0.4) is 0 Å². The number of amides is 1. The molecule has 0 bridgehead atoms. The number of aliphatic hydroxyl groups excluding tert-OH is 2. The Labute approximate surface area is 101 Å². The highest BCUT2D eigenvalue weighted by atomic mass is 16.6. The van der Waals surface area contributed by atoms with Crippen molar-refractivity contribution < 1.29 is 19.7 Å². The van der Waals surface area contributed by atoms with Crippen molar-refractivity contribution in [1.82, 2.24) is 5.32 Å². The molecular weight excluding hydrogens is 224 g/mol. The number of nitrogens with one attached hydrogen (secondary N) is 1. The summed E-state index contributed by atoms with van der Waals surface area (Å²) in [5, 5.41) is 21.7. The molecule has 0 spiro atoms. The first kappa shape index (κ1) is 14.2. The summed E-state index contributed by atoms with van der Waals surface area (Å²) in [6.07, 6.45) is -1.59. The molecule has 4 atom stereocenters. The van der Waals surface area contributed by atoms with Gasteiger partial charge < -0.3 is 26.0 Å². The first-order chi connectivity index (χ1) is 7.69. The number of aliphatic hydroxyl groups is 2. The molecule has 0 heterocycles. The van der Waals surface area contributed by atoms with Crippen LogP contribution in [0.15, 0.2) is 0 Å². The van der Waals surface area contributed by atoms with Crippen molar-refractivity contribution in [2.24, 2.45) is 5.73 Å². The Hall–Kier alpha value is -0.850. The molecule has 1 saturated carbocycles. The average Bonchev–Trinajstić information content (AvgIpc) is 2.11. The Kier molecular flexibility index (Phi) is 4.35. The van der Waals surface area contributed by atoms with Crippen molar-refractivity contribution in [2.45, 2.75) is 63.5 Å². The lowest BCUT2D eigenvalue weighted by Gasteiger charge is -2.35. The smallest absolute Gasteiger partial charge is 0.407 e. The molecule has 1 fully saturated rings. The monoisotopic (exact) mass is 246 g/mol. The van der Waals surface area contributed by atoms with Gasteiger partial charge in [0.05, 0.1) is 18.2 Å². The molecule has 6 heteroatoms. The molecular formula is C11H22N2O4. The predicted molar refractivity (Wildman–Crippen MR) is 62.4 cm³/mol. The van der Waals surface area contributed by atoms with Gasteiger partial charge in [-0.1, -0.05) is 0 Å². The van der Waals surface area contributed by atoms with Gasteiger partial charge in [0.15, 0.2) is 0 Å². The van der Waals surface area contributed by atoms with E-state index in [0.717, 1.165) is 0 Å². The fraction of sp³-hybridized carbons (Fsp3) is 0.909. The average molecular weight is 246 g/mol. The van der Waals surface area contributed by atoms with E-state index in [1.165, 1.54) is 0 Å². The highest BCUT2D eigenvalue weighted by Crippen LogP contribution is 2.19. The Bertz CT molecular complexity index is 277. The van der Waals surface area contributed by atoms with Crippen molar-refractivity contribution in [2.75, 3.05) is 0 Å². The van der Waals surface area contributed by atoms with Gasteiger partial charge >= 0.3 is 6.09 Å². The fourth-order valence-electron chi connectivity index (χ4n) is 1.81. The van der Waals surface area contributed by atoms with Gasteiger partial charge in [0.2, 0.25) is 0 Å². The van der Waals surface area contributed by atoms with Crippen molar-refractivity contribution in [3.05, 3.63) is 0 Å². The number of carbonyl (C=O) groups excluding carboxylic acids is 1. The SMILES string of the molecule is CC(C)(C)OC(=O)N[C@H]1C[C@@H](N)[C@H](O)C[C@@H]1O. The normalized spacial score (nSPS) is 34.2. The minimum atomic E-state index is -0.794. The maximum absolute atomic E-state index is 11.5. The summed E-state index contributed by atoms with van der Waals surface area (Å²) in [4.78, 5) is 11.5. The first-order valence-electron chi connectivity index (χ1n) is 5.80. The topological polar surface area (TPSA) is 105 Å². The van der Waals surface area contributed by atoms with E-state index in [4.69, 9.17) is 10.5 Å². The third-order valence-electron chi connectivity index (χ3n) is 2.67. The van der Waals surface area contributed by atoms with Crippen molar-refractivity contribution in [3.63, 3.8) is 0 Å². The van der Waals surface area contributed by atoms with Crippen LogP contribution in [0.25, 0.3) is 0 Å². The molecule has 0 radical (unpaired) electrons. The summed E-state index contributed by atoms with van der Waals surface area (Å²) in [7, 11) is 0. The lowest BCUT2D eigenvalue weighted by molar-refractivity contribution is -0.00293. The van der Waals surface area contributed by atoms with Gasteiger partial charge in [-0.05, 0) is 27.2 Å². The van der Waals surface area contributed by atoms with Gasteiger partial charge in [-0.15, -0.1) is 0 Å². The molecule has 0 aromatic carbocycles. The molecule has 0 unspecified atom stereocenters. The number of carbonyl (C=O) groups is 1. The summed E-state index contributed by atoms with van der Waals surface area (Å²) in [6, 6.07) is -0.901. The fourth-order valence-corrected chi connectivity index (χ4v) is 1.81. The summed E-state index contributed by atoms with van der Waals surface area (Å²) >= 11 is 0. The second kappa shape index (κ2) is 5.20. The molecule has 1 rings (SSSR count). The van der Waals surface area contributed by atoms with Crippen LogP contribution in [0, 0.1) is 0 Å². The number of hydrogen-bond acceptors (Lipinski definition) is 5. The molecule has 1 amide bonds. The van der Waals surface area contributed by atoms with Gasteiger partial charge in [-0.25, -0.2) is 4.79 Å². The third kappa shape index (κ3) is 4.49.